The fourth-order valence-corrected chi connectivity index (χ4v) is 1.69. The van der Waals surface area contributed by atoms with Crippen molar-refractivity contribution in [3.8, 4) is 0 Å². The summed E-state index contributed by atoms with van der Waals surface area (Å²) in [4.78, 5) is 21.3. The highest BCUT2D eigenvalue weighted by Gasteiger charge is 2.45. The number of carbonyl (C=O) groups is 2. The molecule has 1 saturated heterocycles. The highest BCUT2D eigenvalue weighted by Crippen LogP contribution is 2.23. The first-order valence-corrected chi connectivity index (χ1v) is 5.68. The third kappa shape index (κ3) is 3.85. The molecule has 1 aliphatic rings. The molecule has 116 valence electrons. The topological polar surface area (TPSA) is 174 Å². The van der Waals surface area contributed by atoms with Crippen LogP contribution in [-0.4, -0.2) is 86.0 Å². The molecule has 10 heteroatoms. The van der Waals surface area contributed by atoms with Crippen molar-refractivity contribution in [2.45, 2.75) is 43.2 Å². The Bertz CT molecular complexity index is 356. The Morgan fingerprint density at radius 3 is 2.15 bits per heavy atom. The van der Waals surface area contributed by atoms with Gasteiger partial charge in [0.05, 0.1) is 13.0 Å². The van der Waals surface area contributed by atoms with Gasteiger partial charge in [-0.05, 0) is 0 Å². The van der Waals surface area contributed by atoms with Gasteiger partial charge < -0.3 is 40.1 Å². The van der Waals surface area contributed by atoms with Crippen molar-refractivity contribution >= 4 is 11.9 Å². The fraction of sp³-hybridized carbons (Fsp3) is 0.800. The van der Waals surface area contributed by atoms with Crippen LogP contribution < -0.4 is 0 Å². The molecule has 1 fully saturated rings. The highest BCUT2D eigenvalue weighted by molar-refractivity contribution is 5.79. The van der Waals surface area contributed by atoms with Crippen molar-refractivity contribution in [1.29, 1.82) is 0 Å². The third-order valence-corrected chi connectivity index (χ3v) is 2.78. The van der Waals surface area contributed by atoms with Gasteiger partial charge in [-0.3, -0.25) is 4.79 Å². The van der Waals surface area contributed by atoms with Crippen LogP contribution >= 0.6 is 0 Å². The number of aliphatic hydroxyl groups is 4. The van der Waals surface area contributed by atoms with Gasteiger partial charge in [0.25, 0.3) is 0 Å². The molecule has 0 amide bonds. The molecule has 0 aromatic carbocycles. The Kier molecular flexibility index (Phi) is 5.80. The predicted octanol–water partition coefficient (Wildman–Crippen LogP) is -3.27. The molecule has 6 atom stereocenters. The van der Waals surface area contributed by atoms with E-state index in [2.05, 4.69) is 0 Å². The van der Waals surface area contributed by atoms with Crippen molar-refractivity contribution in [1.82, 2.24) is 0 Å². The molecule has 0 bridgehead atoms. The zero-order valence-electron chi connectivity index (χ0n) is 10.2. The molecule has 6 N–H and O–H groups in total. The monoisotopic (exact) mass is 296 g/mol. The van der Waals surface area contributed by atoms with E-state index in [0.29, 0.717) is 0 Å². The summed E-state index contributed by atoms with van der Waals surface area (Å²) in [6.45, 7) is -0.707. The van der Waals surface area contributed by atoms with Crippen LogP contribution in [0.5, 0.6) is 0 Å². The molecule has 6 unspecified atom stereocenters. The maximum Gasteiger partial charge on any atom is 0.333 e. The van der Waals surface area contributed by atoms with E-state index in [-0.39, 0.29) is 0 Å². The summed E-state index contributed by atoms with van der Waals surface area (Å²) in [6.07, 6.45) is -10.8. The lowest BCUT2D eigenvalue weighted by molar-refractivity contribution is -0.310. The Morgan fingerprint density at radius 2 is 1.70 bits per heavy atom. The summed E-state index contributed by atoms with van der Waals surface area (Å²) in [7, 11) is 0. The number of rotatable bonds is 6. The standard InChI is InChI=1S/C10H16O10/c11-2-4-6(14)7(15)8(16)10(20-4)19-3(9(17)18)1-5(12)13/h3-4,6-8,10-11,14-16H,1-2H2,(H,12,13)(H,17,18). The van der Waals surface area contributed by atoms with Gasteiger partial charge in [-0.15, -0.1) is 0 Å². The van der Waals surface area contributed by atoms with Gasteiger partial charge in [0.2, 0.25) is 0 Å². The number of ether oxygens (including phenoxy) is 2. The van der Waals surface area contributed by atoms with E-state index in [1.165, 1.54) is 0 Å². The number of hydrogen-bond acceptors (Lipinski definition) is 8. The average molecular weight is 296 g/mol. The Labute approximate surface area is 112 Å². The Balaban J connectivity index is 2.77. The molecular formula is C10H16O10. The van der Waals surface area contributed by atoms with Crippen LogP contribution in [0.2, 0.25) is 0 Å². The van der Waals surface area contributed by atoms with Gasteiger partial charge in [-0.2, -0.15) is 0 Å². The SMILES string of the molecule is O=C(O)CC(OC1OC(CO)C(O)C(O)C1O)C(=O)O. The maximum atomic E-state index is 10.8. The second-order valence-corrected chi connectivity index (χ2v) is 4.26. The lowest BCUT2D eigenvalue weighted by Crippen LogP contribution is -2.60. The lowest BCUT2D eigenvalue weighted by Gasteiger charge is -2.40. The zero-order valence-corrected chi connectivity index (χ0v) is 10.2. The van der Waals surface area contributed by atoms with E-state index in [4.69, 9.17) is 24.8 Å². The van der Waals surface area contributed by atoms with E-state index in [9.17, 15) is 24.9 Å². The molecule has 20 heavy (non-hydrogen) atoms. The van der Waals surface area contributed by atoms with Crippen molar-refractivity contribution in [2.24, 2.45) is 0 Å². The number of carboxylic acid groups (broad SMARTS) is 2. The van der Waals surface area contributed by atoms with Crippen LogP contribution in [0, 0.1) is 0 Å². The minimum absolute atomic E-state index is 0.707. The van der Waals surface area contributed by atoms with Crippen LogP contribution in [-0.2, 0) is 19.1 Å². The molecule has 0 spiro atoms. The number of aliphatic hydroxyl groups excluding tert-OH is 4. The molecule has 0 radical (unpaired) electrons. The molecule has 0 aromatic heterocycles. The molecule has 0 aromatic rings. The predicted molar refractivity (Wildman–Crippen MR) is 58.5 cm³/mol. The van der Waals surface area contributed by atoms with Crippen LogP contribution in [0.3, 0.4) is 0 Å². The summed E-state index contributed by atoms with van der Waals surface area (Å²) in [5.41, 5.74) is 0. The van der Waals surface area contributed by atoms with Gasteiger partial charge in [0, 0.05) is 0 Å². The second kappa shape index (κ2) is 6.92. The van der Waals surface area contributed by atoms with Crippen molar-refractivity contribution in [2.75, 3.05) is 6.61 Å². The van der Waals surface area contributed by atoms with E-state index in [0.717, 1.165) is 0 Å². The van der Waals surface area contributed by atoms with Gasteiger partial charge in [-0.25, -0.2) is 4.79 Å². The van der Waals surface area contributed by atoms with Crippen LogP contribution in [0.1, 0.15) is 6.42 Å². The van der Waals surface area contributed by atoms with Crippen molar-refractivity contribution < 1.29 is 49.7 Å². The molecule has 0 saturated carbocycles. The number of aliphatic carboxylic acids is 2. The minimum atomic E-state index is -1.81. The minimum Gasteiger partial charge on any atom is -0.481 e. The summed E-state index contributed by atoms with van der Waals surface area (Å²) in [6, 6.07) is 0. The van der Waals surface area contributed by atoms with E-state index in [1.54, 1.807) is 0 Å². The fourth-order valence-electron chi connectivity index (χ4n) is 1.69. The van der Waals surface area contributed by atoms with Gasteiger partial charge in [0.15, 0.2) is 12.4 Å². The summed E-state index contributed by atoms with van der Waals surface area (Å²) < 4.78 is 9.70. The van der Waals surface area contributed by atoms with Crippen molar-refractivity contribution in [3.05, 3.63) is 0 Å². The first-order chi connectivity index (χ1) is 9.27. The largest absolute Gasteiger partial charge is 0.481 e. The van der Waals surface area contributed by atoms with Crippen LogP contribution in [0.15, 0.2) is 0 Å². The molecule has 0 aliphatic carbocycles. The molecule has 1 rings (SSSR count). The van der Waals surface area contributed by atoms with E-state index in [1.807, 2.05) is 0 Å². The third-order valence-electron chi connectivity index (χ3n) is 2.78. The smallest absolute Gasteiger partial charge is 0.333 e. The van der Waals surface area contributed by atoms with Crippen LogP contribution in [0.4, 0.5) is 0 Å². The summed E-state index contributed by atoms with van der Waals surface area (Å²) in [5.74, 6) is -3.04. The van der Waals surface area contributed by atoms with E-state index < -0.39 is 61.8 Å². The highest BCUT2D eigenvalue weighted by atomic mass is 16.7. The van der Waals surface area contributed by atoms with Gasteiger partial charge >= 0.3 is 11.9 Å². The normalized spacial score (nSPS) is 35.5. The number of hydrogen-bond donors (Lipinski definition) is 6. The average Bonchev–Trinajstić information content (AvgIpc) is 2.37. The second-order valence-electron chi connectivity index (χ2n) is 4.26. The Hall–Kier alpha value is -1.30. The molecule has 1 heterocycles. The quantitative estimate of drug-likeness (QED) is 0.292. The molecule has 1 aliphatic heterocycles. The van der Waals surface area contributed by atoms with Crippen LogP contribution in [0.25, 0.3) is 0 Å². The van der Waals surface area contributed by atoms with Crippen molar-refractivity contribution in [3.63, 3.8) is 0 Å². The van der Waals surface area contributed by atoms with E-state index >= 15 is 0 Å². The first-order valence-electron chi connectivity index (χ1n) is 5.68. The maximum absolute atomic E-state index is 10.8. The summed E-state index contributed by atoms with van der Waals surface area (Å²) in [5, 5.41) is 54.8. The summed E-state index contributed by atoms with van der Waals surface area (Å²) >= 11 is 0. The van der Waals surface area contributed by atoms with Gasteiger partial charge in [0.1, 0.15) is 24.4 Å². The van der Waals surface area contributed by atoms with Gasteiger partial charge in [-0.1, -0.05) is 0 Å². The Morgan fingerprint density at radius 1 is 1.10 bits per heavy atom. The first kappa shape index (κ1) is 16.8. The molecular weight excluding hydrogens is 280 g/mol. The number of carboxylic acids is 2. The molecule has 10 nitrogen and oxygen atoms in total. The lowest BCUT2D eigenvalue weighted by atomic mass is 9.99. The zero-order chi connectivity index (χ0) is 15.4.